The number of hydrogen-bond donors (Lipinski definition) is 1. The number of hydrogen-bond acceptors (Lipinski definition) is 6. The Morgan fingerprint density at radius 2 is 1.80 bits per heavy atom. The number of nitrogens with one attached hydrogen (secondary N) is 1. The van der Waals surface area contributed by atoms with Crippen molar-refractivity contribution in [2.75, 3.05) is 31.6 Å². The number of amides is 1. The minimum absolute atomic E-state index is 0.00621. The van der Waals surface area contributed by atoms with Crippen LogP contribution >= 0.6 is 23.2 Å². The van der Waals surface area contributed by atoms with Crippen LogP contribution < -0.4 is 20.4 Å². The van der Waals surface area contributed by atoms with Gasteiger partial charge in [0.15, 0.2) is 11.6 Å². The van der Waals surface area contributed by atoms with E-state index in [-0.39, 0.29) is 52.8 Å². The Labute approximate surface area is 248 Å². The highest BCUT2D eigenvalue weighted by molar-refractivity contribution is 6.35. The lowest BCUT2D eigenvalue weighted by Gasteiger charge is -2.45. The van der Waals surface area contributed by atoms with Crippen LogP contribution in [0.2, 0.25) is 10.0 Å². The summed E-state index contributed by atoms with van der Waals surface area (Å²) in [5.41, 5.74) is 0.749. The molecule has 1 aliphatic carbocycles. The van der Waals surface area contributed by atoms with Crippen molar-refractivity contribution in [1.82, 2.24) is 14.8 Å². The number of anilines is 1. The zero-order chi connectivity index (χ0) is 29.6. The average Bonchev–Trinajstić information content (AvgIpc) is 3.75. The smallest absolute Gasteiger partial charge is 0.257 e. The molecule has 5 rings (SSSR count). The minimum atomic E-state index is -0.598. The molecular weight excluding hydrogens is 570 g/mol. The molecule has 1 amide bonds. The van der Waals surface area contributed by atoms with Gasteiger partial charge in [0.25, 0.3) is 5.91 Å². The molecule has 218 valence electrons. The van der Waals surface area contributed by atoms with Gasteiger partial charge in [-0.2, -0.15) is 0 Å². The summed E-state index contributed by atoms with van der Waals surface area (Å²) in [5, 5.41) is 3.72. The van der Waals surface area contributed by atoms with Gasteiger partial charge < -0.3 is 19.5 Å². The van der Waals surface area contributed by atoms with E-state index in [0.29, 0.717) is 40.8 Å². The number of carbonyl (C=O) groups excluding carboxylic acids is 2. The fourth-order valence-corrected chi connectivity index (χ4v) is 6.25. The molecule has 0 radical (unpaired) electrons. The van der Waals surface area contributed by atoms with Crippen molar-refractivity contribution in [2.24, 2.45) is 0 Å². The molecule has 8 nitrogen and oxygen atoms in total. The van der Waals surface area contributed by atoms with E-state index in [2.05, 4.69) is 10.2 Å². The Hall–Kier alpha value is -3.14. The van der Waals surface area contributed by atoms with E-state index in [1.54, 1.807) is 31.3 Å². The third-order valence-corrected chi connectivity index (χ3v) is 8.45. The second-order valence-electron chi connectivity index (χ2n) is 11.0. The summed E-state index contributed by atoms with van der Waals surface area (Å²) >= 11 is 12.2. The van der Waals surface area contributed by atoms with Gasteiger partial charge in [-0.1, -0.05) is 29.3 Å². The van der Waals surface area contributed by atoms with Crippen LogP contribution in [0.3, 0.4) is 0 Å². The predicted molar refractivity (Wildman–Crippen MR) is 159 cm³/mol. The summed E-state index contributed by atoms with van der Waals surface area (Å²) < 4.78 is 23.7. The summed E-state index contributed by atoms with van der Waals surface area (Å²) in [5.74, 6) is -0.830. The molecule has 0 bridgehead atoms. The number of halogens is 3. The van der Waals surface area contributed by atoms with E-state index < -0.39 is 17.2 Å². The van der Waals surface area contributed by atoms with Crippen LogP contribution in [0.4, 0.5) is 10.1 Å². The first-order chi connectivity index (χ1) is 19.5. The van der Waals surface area contributed by atoms with Crippen molar-refractivity contribution < 1.29 is 18.7 Å². The number of aromatic nitrogens is 1. The lowest BCUT2D eigenvalue weighted by atomic mass is 10.0. The molecule has 2 fully saturated rings. The van der Waals surface area contributed by atoms with Gasteiger partial charge in [-0.15, -0.1) is 0 Å². The largest absolute Gasteiger partial charge is 0.492 e. The van der Waals surface area contributed by atoms with Crippen LogP contribution in [0.1, 0.15) is 55.6 Å². The molecule has 2 atom stereocenters. The predicted octanol–water partition coefficient (Wildman–Crippen LogP) is 5.21. The Morgan fingerprint density at radius 1 is 1.12 bits per heavy atom. The highest BCUT2D eigenvalue weighted by Gasteiger charge is 2.35. The molecule has 41 heavy (non-hydrogen) atoms. The SMILES string of the molecule is COc1c(N2C[C@@H](C)N(CC(C)=O)[C@@H](C)C2)c(F)cc2c(=O)c(C(=O)NCc3ccc(Cl)cc3Cl)cn(C3CC3)c12. The Morgan fingerprint density at radius 3 is 2.39 bits per heavy atom. The van der Waals surface area contributed by atoms with Gasteiger partial charge in [0.2, 0.25) is 5.43 Å². The monoisotopic (exact) mass is 602 g/mol. The van der Waals surface area contributed by atoms with E-state index in [1.165, 1.54) is 13.2 Å². The Bertz CT molecular complexity index is 1580. The van der Waals surface area contributed by atoms with E-state index >= 15 is 4.39 Å². The fourth-order valence-electron chi connectivity index (χ4n) is 5.78. The van der Waals surface area contributed by atoms with Gasteiger partial charge in [-0.05, 0) is 57.4 Å². The van der Waals surface area contributed by atoms with Gasteiger partial charge in [-0.3, -0.25) is 19.3 Å². The number of piperazine rings is 1. The van der Waals surface area contributed by atoms with Crippen LogP contribution in [0.25, 0.3) is 10.9 Å². The summed E-state index contributed by atoms with van der Waals surface area (Å²) in [6.07, 6.45) is 3.29. The molecule has 2 heterocycles. The van der Waals surface area contributed by atoms with Crippen LogP contribution in [-0.4, -0.2) is 60.0 Å². The van der Waals surface area contributed by atoms with Crippen LogP contribution in [0, 0.1) is 5.82 Å². The molecule has 11 heteroatoms. The highest BCUT2D eigenvalue weighted by atomic mass is 35.5. The van der Waals surface area contributed by atoms with Crippen LogP contribution in [-0.2, 0) is 11.3 Å². The van der Waals surface area contributed by atoms with E-state index in [1.807, 2.05) is 23.3 Å². The van der Waals surface area contributed by atoms with Crippen LogP contribution in [0.15, 0.2) is 35.3 Å². The van der Waals surface area contributed by atoms with Crippen molar-refractivity contribution in [3.8, 4) is 5.75 Å². The maximum absolute atomic E-state index is 16.0. The molecule has 2 aromatic carbocycles. The zero-order valence-corrected chi connectivity index (χ0v) is 25.0. The van der Waals surface area contributed by atoms with E-state index in [4.69, 9.17) is 27.9 Å². The van der Waals surface area contributed by atoms with E-state index in [9.17, 15) is 14.4 Å². The molecule has 0 spiro atoms. The molecule has 0 unspecified atom stereocenters. The molecular formula is C30H33Cl2FN4O4. The van der Waals surface area contributed by atoms with Gasteiger partial charge in [0.05, 0.1) is 24.6 Å². The molecule has 1 saturated carbocycles. The topological polar surface area (TPSA) is 83.9 Å². The summed E-state index contributed by atoms with van der Waals surface area (Å²) in [4.78, 5) is 42.7. The maximum atomic E-state index is 16.0. The lowest BCUT2D eigenvalue weighted by Crippen LogP contribution is -2.58. The number of benzene rings is 2. The quantitative estimate of drug-likeness (QED) is 0.381. The van der Waals surface area contributed by atoms with Gasteiger partial charge >= 0.3 is 0 Å². The van der Waals surface area contributed by atoms with Gasteiger partial charge in [0.1, 0.15) is 17.0 Å². The summed E-state index contributed by atoms with van der Waals surface area (Å²) in [6.45, 7) is 6.99. The molecule has 1 aromatic heterocycles. The standard InChI is InChI=1S/C30H33Cl2FN4O4/c1-16-12-35(13-17(2)36(16)14-18(3)38)27-25(33)10-22-26(29(27)41-4)37(21-7-8-21)15-23(28(22)39)30(40)34-11-19-5-6-20(31)9-24(19)32/h5-6,9-10,15-17,21H,7-8,11-14H2,1-4H3,(H,34,40)/t16-,17+. The number of carbonyl (C=O) groups is 2. The second-order valence-corrected chi connectivity index (χ2v) is 11.9. The minimum Gasteiger partial charge on any atom is -0.492 e. The first-order valence-corrected chi connectivity index (χ1v) is 14.4. The number of rotatable bonds is 8. The number of pyridine rings is 1. The third kappa shape index (κ3) is 5.80. The first-order valence-electron chi connectivity index (χ1n) is 13.7. The number of nitrogens with zero attached hydrogens (tertiary/aromatic N) is 3. The fraction of sp³-hybridized carbons (Fsp3) is 0.433. The molecule has 1 N–H and O–H groups in total. The average molecular weight is 604 g/mol. The Kier molecular flexibility index (Phi) is 8.32. The molecule has 1 saturated heterocycles. The maximum Gasteiger partial charge on any atom is 0.257 e. The van der Waals surface area contributed by atoms with Gasteiger partial charge in [-0.25, -0.2) is 4.39 Å². The summed E-state index contributed by atoms with van der Waals surface area (Å²) in [6, 6.07) is 6.23. The van der Waals surface area contributed by atoms with Gasteiger partial charge in [0, 0.05) is 54.0 Å². The van der Waals surface area contributed by atoms with Crippen molar-refractivity contribution in [2.45, 2.75) is 58.3 Å². The van der Waals surface area contributed by atoms with Crippen molar-refractivity contribution >= 4 is 51.5 Å². The number of methoxy groups -OCH3 is 1. The molecule has 3 aromatic rings. The third-order valence-electron chi connectivity index (χ3n) is 7.86. The van der Waals surface area contributed by atoms with Crippen molar-refractivity contribution in [1.29, 1.82) is 0 Å². The summed E-state index contributed by atoms with van der Waals surface area (Å²) in [7, 11) is 1.47. The normalized spacial score (nSPS) is 19.4. The van der Waals surface area contributed by atoms with Crippen molar-refractivity contribution in [3.05, 3.63) is 67.7 Å². The number of Topliss-reactive ketones (excluding diaryl/α,β-unsaturated/α-hetero) is 1. The van der Waals surface area contributed by atoms with Crippen molar-refractivity contribution in [3.63, 3.8) is 0 Å². The zero-order valence-electron chi connectivity index (χ0n) is 23.5. The van der Waals surface area contributed by atoms with Crippen LogP contribution in [0.5, 0.6) is 5.75 Å². The Balaban J connectivity index is 1.54. The number of fused-ring (bicyclic) bond motifs is 1. The molecule has 1 aliphatic heterocycles. The first kappa shape index (κ1) is 29.4. The second kappa shape index (κ2) is 11.6. The number of ketones is 1. The highest BCUT2D eigenvalue weighted by Crippen LogP contribution is 2.44. The lowest BCUT2D eigenvalue weighted by molar-refractivity contribution is -0.119. The molecule has 2 aliphatic rings. The number of ether oxygens (including phenoxy) is 1. The van der Waals surface area contributed by atoms with E-state index in [0.717, 1.165) is 12.8 Å².